The highest BCUT2D eigenvalue weighted by molar-refractivity contribution is 5.71. The third-order valence-electron chi connectivity index (χ3n) is 2.22. The number of ether oxygens (including phenoxy) is 2. The van der Waals surface area contributed by atoms with E-state index in [1.807, 2.05) is 0 Å². The second-order valence-corrected chi connectivity index (χ2v) is 4.21. The Morgan fingerprint density at radius 1 is 0.607 bits per heavy atom. The summed E-state index contributed by atoms with van der Waals surface area (Å²) < 4.78 is 189. The van der Waals surface area contributed by atoms with Crippen LogP contribution in [0.4, 0.5) is 65.9 Å². The van der Waals surface area contributed by atoms with Crippen molar-refractivity contribution in [3.05, 3.63) is 0 Å². The van der Waals surface area contributed by atoms with E-state index in [2.05, 4.69) is 0 Å². The lowest BCUT2D eigenvalue weighted by molar-refractivity contribution is -0.549. The first-order chi connectivity index (χ1) is 11.4. The van der Waals surface area contributed by atoms with Crippen molar-refractivity contribution in [2.24, 2.45) is 0 Å². The number of halogens is 15. The number of carbonyl (C=O) groups excluding carboxylic acids is 1. The quantitative estimate of drug-likeness (QED) is 0.587. The molecule has 5 nitrogen and oxygen atoms in total. The Morgan fingerprint density at radius 3 is 1.21 bits per heavy atom. The van der Waals surface area contributed by atoms with Crippen LogP contribution in [0.5, 0.6) is 0 Å². The van der Waals surface area contributed by atoms with Gasteiger partial charge in [-0.2, -0.15) is 65.9 Å². The van der Waals surface area contributed by atoms with Gasteiger partial charge in [-0.25, -0.2) is 4.74 Å². The number of carboxylic acid groups (broad SMARTS) is 1. The van der Waals surface area contributed by atoms with E-state index in [0.717, 1.165) is 0 Å². The van der Waals surface area contributed by atoms with Crippen molar-refractivity contribution in [1.29, 1.82) is 0 Å². The third kappa shape index (κ3) is 4.82. The topological polar surface area (TPSA) is 95.1 Å². The minimum Gasteiger partial charge on any atom is -0.542 e. The van der Waals surface area contributed by atoms with Crippen molar-refractivity contribution < 1.29 is 85.2 Å². The van der Waals surface area contributed by atoms with Crippen LogP contribution in [-0.4, -0.2) is 48.4 Å². The lowest BCUT2D eigenvalue weighted by Crippen LogP contribution is -2.67. The van der Waals surface area contributed by atoms with Gasteiger partial charge in [0.15, 0.2) is 0 Å². The first-order valence-corrected chi connectivity index (χ1v) is 5.31. The molecule has 0 rings (SSSR count). The van der Waals surface area contributed by atoms with Crippen molar-refractivity contribution in [3.63, 3.8) is 0 Å². The number of hydrogen-bond donors (Lipinski definition) is 1. The summed E-state index contributed by atoms with van der Waals surface area (Å²) in [6.07, 6.45) is -37.2. The van der Waals surface area contributed by atoms with E-state index >= 15 is 0 Å². The predicted molar refractivity (Wildman–Crippen MR) is 48.9 cm³/mol. The molecule has 28 heavy (non-hydrogen) atoms. The summed E-state index contributed by atoms with van der Waals surface area (Å²) in [7, 11) is 0. The first-order valence-electron chi connectivity index (χ1n) is 5.31. The second-order valence-electron chi connectivity index (χ2n) is 4.21. The molecule has 0 saturated heterocycles. The smallest absolute Gasteiger partial charge is 0.462 e. The number of hydrogen-bond acceptors (Lipinski definition) is 4. The molecule has 0 aromatic carbocycles. The lowest BCUT2D eigenvalue weighted by Gasteiger charge is -2.38. The SMILES string of the molecule is O=C([O-])C(F)(F)OC(F)(F)C(F)(OC(F)(F)C(F)(F)C(F)(F)F)C(F)(F)F.[NH4+]. The summed E-state index contributed by atoms with van der Waals surface area (Å²) in [6.45, 7) is 0. The summed E-state index contributed by atoms with van der Waals surface area (Å²) in [5, 5.41) is 9.67. The fraction of sp³-hybridized carbons (Fsp3) is 0.875. The number of quaternary nitrogens is 1. The fourth-order valence-corrected chi connectivity index (χ4v) is 0.956. The van der Waals surface area contributed by atoms with E-state index < -0.39 is 48.4 Å². The Kier molecular flexibility index (Phi) is 7.41. The molecule has 0 aliphatic rings. The lowest BCUT2D eigenvalue weighted by atomic mass is 10.2. The van der Waals surface area contributed by atoms with Crippen LogP contribution in [0.3, 0.4) is 0 Å². The summed E-state index contributed by atoms with van der Waals surface area (Å²) in [4.78, 5) is 9.67. The third-order valence-corrected chi connectivity index (χ3v) is 2.22. The van der Waals surface area contributed by atoms with Gasteiger partial charge in [0.1, 0.15) is 5.97 Å². The maximum Gasteiger partial charge on any atom is 0.462 e. The highest BCUT2D eigenvalue weighted by Crippen LogP contribution is 2.55. The van der Waals surface area contributed by atoms with Gasteiger partial charge in [0.05, 0.1) is 0 Å². The molecule has 0 aliphatic heterocycles. The summed E-state index contributed by atoms with van der Waals surface area (Å²) >= 11 is 0. The van der Waals surface area contributed by atoms with E-state index in [1.54, 1.807) is 0 Å². The number of aliphatic carboxylic acids is 1. The van der Waals surface area contributed by atoms with Crippen LogP contribution in [-0.2, 0) is 14.3 Å². The molecule has 0 radical (unpaired) electrons. The molecule has 0 aliphatic carbocycles. The van der Waals surface area contributed by atoms with E-state index in [0.29, 0.717) is 0 Å². The maximum atomic E-state index is 13.3. The molecule has 20 heteroatoms. The molecule has 0 amide bonds. The Balaban J connectivity index is 0. The van der Waals surface area contributed by atoms with Gasteiger partial charge in [0.2, 0.25) is 0 Å². The number of carbonyl (C=O) groups is 1. The molecular formula is C8H4F15NO4. The van der Waals surface area contributed by atoms with Gasteiger partial charge in [0, 0.05) is 0 Å². The van der Waals surface area contributed by atoms with Crippen molar-refractivity contribution in [2.45, 2.75) is 42.5 Å². The largest absolute Gasteiger partial charge is 0.542 e. The van der Waals surface area contributed by atoms with Gasteiger partial charge in [0.25, 0.3) is 0 Å². The van der Waals surface area contributed by atoms with Gasteiger partial charge < -0.3 is 16.1 Å². The Hall–Kier alpha value is -1.70. The van der Waals surface area contributed by atoms with Crippen LogP contribution >= 0.6 is 0 Å². The number of alkyl halides is 15. The molecule has 0 fully saturated rings. The monoisotopic (exact) mass is 463 g/mol. The average molecular weight is 463 g/mol. The van der Waals surface area contributed by atoms with Crippen molar-refractivity contribution in [3.8, 4) is 0 Å². The normalized spacial score (nSPS) is 17.0. The minimum absolute atomic E-state index is 0. The van der Waals surface area contributed by atoms with Gasteiger partial charge in [-0.3, -0.25) is 4.74 Å². The van der Waals surface area contributed by atoms with Crippen molar-refractivity contribution in [2.75, 3.05) is 0 Å². The van der Waals surface area contributed by atoms with E-state index in [1.165, 1.54) is 9.47 Å². The molecule has 0 bridgehead atoms. The van der Waals surface area contributed by atoms with Crippen LogP contribution in [0.15, 0.2) is 0 Å². The Morgan fingerprint density at radius 2 is 0.964 bits per heavy atom. The zero-order chi connectivity index (χ0) is 22.5. The van der Waals surface area contributed by atoms with Crippen LogP contribution in [0.25, 0.3) is 0 Å². The molecule has 1 atom stereocenters. The first kappa shape index (κ1) is 28.5. The predicted octanol–water partition coefficient (Wildman–Crippen LogP) is 3.35. The fourth-order valence-electron chi connectivity index (χ4n) is 0.956. The molecule has 4 N–H and O–H groups in total. The van der Waals surface area contributed by atoms with Crippen LogP contribution in [0, 0.1) is 0 Å². The summed E-state index contributed by atoms with van der Waals surface area (Å²) in [6, 6.07) is 0. The van der Waals surface area contributed by atoms with Gasteiger partial charge in [-0.05, 0) is 0 Å². The molecule has 0 saturated carbocycles. The highest BCUT2D eigenvalue weighted by Gasteiger charge is 2.84. The number of carboxylic acids is 1. The summed E-state index contributed by atoms with van der Waals surface area (Å²) in [5.74, 6) is -19.7. The summed E-state index contributed by atoms with van der Waals surface area (Å²) in [5.41, 5.74) is 0. The van der Waals surface area contributed by atoms with Gasteiger partial charge in [-0.1, -0.05) is 0 Å². The second kappa shape index (κ2) is 7.28. The van der Waals surface area contributed by atoms with Crippen LogP contribution in [0.2, 0.25) is 0 Å². The minimum atomic E-state index is -7.82. The maximum absolute atomic E-state index is 13.3. The Labute approximate surface area is 141 Å². The van der Waals surface area contributed by atoms with E-state index in [4.69, 9.17) is 0 Å². The average Bonchev–Trinajstić information content (AvgIpc) is 2.33. The molecule has 0 spiro atoms. The van der Waals surface area contributed by atoms with E-state index in [-0.39, 0.29) is 6.15 Å². The molecule has 0 heterocycles. The van der Waals surface area contributed by atoms with Crippen molar-refractivity contribution >= 4 is 5.97 Å². The highest BCUT2D eigenvalue weighted by atomic mass is 19.4. The van der Waals surface area contributed by atoms with Gasteiger partial charge >= 0.3 is 42.5 Å². The van der Waals surface area contributed by atoms with Crippen LogP contribution in [0.1, 0.15) is 0 Å². The molecule has 170 valence electrons. The zero-order valence-corrected chi connectivity index (χ0v) is 12.3. The Bertz CT molecular complexity index is 569. The van der Waals surface area contributed by atoms with Gasteiger partial charge in [-0.15, -0.1) is 0 Å². The molecule has 1 unspecified atom stereocenters. The van der Waals surface area contributed by atoms with E-state index in [9.17, 15) is 75.8 Å². The number of rotatable bonds is 7. The molecular weight excluding hydrogens is 459 g/mol. The van der Waals surface area contributed by atoms with Crippen LogP contribution < -0.4 is 11.3 Å². The van der Waals surface area contributed by atoms with Crippen molar-refractivity contribution in [1.82, 2.24) is 6.15 Å². The standard InChI is InChI=1S/C8HF15O4.H3N/c9-2(10,1(24)25)26-8(22,23)4(13,6(17,18)19)27-7(20,21)3(11,12)5(14,15)16;/h(H,24,25);1H3. The zero-order valence-electron chi connectivity index (χ0n) is 12.3. The molecule has 0 aromatic heterocycles. The molecule has 0 aromatic rings.